The Morgan fingerprint density at radius 1 is 0.750 bits per heavy atom. The smallest absolute Gasteiger partial charge is 0.274 e. The van der Waals surface area contributed by atoms with Gasteiger partial charge in [-0.15, -0.1) is 0 Å². The molecule has 2 N–H and O–H groups in total. The molecule has 0 atom stereocenters. The highest BCUT2D eigenvalue weighted by Gasteiger charge is 2.10. The van der Waals surface area contributed by atoms with E-state index in [0.29, 0.717) is 11.6 Å². The second-order valence-corrected chi connectivity index (χ2v) is 6.03. The van der Waals surface area contributed by atoms with Crippen LogP contribution in [-0.2, 0) is 0 Å². The van der Waals surface area contributed by atoms with E-state index >= 15 is 0 Å². The topological polar surface area (TPSA) is 79.8 Å². The van der Waals surface area contributed by atoms with Gasteiger partial charge in [0.2, 0.25) is 5.95 Å². The predicted molar refractivity (Wildman–Crippen MR) is 109 cm³/mol. The van der Waals surface area contributed by atoms with Crippen molar-refractivity contribution in [2.75, 3.05) is 10.6 Å². The van der Waals surface area contributed by atoms with Gasteiger partial charge in [-0.25, -0.2) is 9.97 Å². The molecule has 1 amide bonds. The summed E-state index contributed by atoms with van der Waals surface area (Å²) in [6, 6.07) is 22.9. The maximum atomic E-state index is 12.6. The lowest BCUT2D eigenvalue weighted by atomic mass is 10.1. The molecule has 0 saturated heterocycles. The largest absolute Gasteiger partial charge is 0.324 e. The fraction of sp³-hybridized carbons (Fsp3) is 0. The SMILES string of the molecule is O=C(Nc1cccc(-c2ccccc2)c1)c1ccnc(Nc2ccncc2)n1. The maximum absolute atomic E-state index is 12.6. The molecule has 0 aliphatic rings. The normalized spacial score (nSPS) is 10.3. The zero-order chi connectivity index (χ0) is 19.2. The summed E-state index contributed by atoms with van der Waals surface area (Å²) in [5.41, 5.74) is 3.89. The number of hydrogen-bond donors (Lipinski definition) is 2. The van der Waals surface area contributed by atoms with Gasteiger partial charge in [-0.05, 0) is 41.5 Å². The third kappa shape index (κ3) is 4.19. The molecule has 0 bridgehead atoms. The summed E-state index contributed by atoms with van der Waals surface area (Å²) in [4.78, 5) is 25.0. The van der Waals surface area contributed by atoms with E-state index in [-0.39, 0.29) is 11.6 Å². The van der Waals surface area contributed by atoms with Crippen LogP contribution in [0.1, 0.15) is 10.5 Å². The van der Waals surface area contributed by atoms with Crippen LogP contribution in [0.5, 0.6) is 0 Å². The number of carbonyl (C=O) groups excluding carboxylic acids is 1. The Morgan fingerprint density at radius 3 is 2.36 bits per heavy atom. The molecule has 0 fully saturated rings. The molecule has 0 saturated carbocycles. The van der Waals surface area contributed by atoms with Crippen LogP contribution in [0.4, 0.5) is 17.3 Å². The Balaban J connectivity index is 1.50. The number of aromatic nitrogens is 3. The molecule has 6 nitrogen and oxygen atoms in total. The summed E-state index contributed by atoms with van der Waals surface area (Å²) >= 11 is 0. The van der Waals surface area contributed by atoms with Crippen molar-refractivity contribution >= 4 is 23.2 Å². The fourth-order valence-electron chi connectivity index (χ4n) is 2.71. The van der Waals surface area contributed by atoms with Gasteiger partial charge >= 0.3 is 0 Å². The number of nitrogens with zero attached hydrogens (tertiary/aromatic N) is 3. The molecule has 0 aliphatic heterocycles. The van der Waals surface area contributed by atoms with Gasteiger partial charge in [-0.3, -0.25) is 9.78 Å². The van der Waals surface area contributed by atoms with E-state index in [1.54, 1.807) is 36.8 Å². The summed E-state index contributed by atoms with van der Waals surface area (Å²) < 4.78 is 0. The Bertz CT molecular complexity index is 1080. The van der Waals surface area contributed by atoms with Crippen LogP contribution in [0.3, 0.4) is 0 Å². The molecule has 0 unspecified atom stereocenters. The zero-order valence-corrected chi connectivity index (χ0v) is 14.9. The van der Waals surface area contributed by atoms with Crippen molar-refractivity contribution in [3.8, 4) is 11.1 Å². The average molecular weight is 367 g/mol. The monoisotopic (exact) mass is 367 g/mol. The number of amides is 1. The lowest BCUT2D eigenvalue weighted by Gasteiger charge is -2.09. The van der Waals surface area contributed by atoms with Crippen LogP contribution in [-0.4, -0.2) is 20.9 Å². The number of nitrogens with one attached hydrogen (secondary N) is 2. The Hall–Kier alpha value is -4.06. The first-order valence-electron chi connectivity index (χ1n) is 8.75. The molecule has 0 aliphatic carbocycles. The first kappa shape index (κ1) is 17.4. The maximum Gasteiger partial charge on any atom is 0.274 e. The first-order valence-corrected chi connectivity index (χ1v) is 8.75. The average Bonchev–Trinajstić information content (AvgIpc) is 2.75. The fourth-order valence-corrected chi connectivity index (χ4v) is 2.71. The summed E-state index contributed by atoms with van der Waals surface area (Å²) in [7, 11) is 0. The molecule has 4 rings (SSSR count). The van der Waals surface area contributed by atoms with E-state index < -0.39 is 0 Å². The number of benzene rings is 2. The number of pyridine rings is 1. The van der Waals surface area contributed by atoms with Gasteiger partial charge in [0.05, 0.1) is 0 Å². The van der Waals surface area contributed by atoms with Crippen LogP contribution in [0.25, 0.3) is 11.1 Å². The van der Waals surface area contributed by atoms with E-state index in [2.05, 4.69) is 25.6 Å². The van der Waals surface area contributed by atoms with Gasteiger partial charge in [0, 0.05) is 30.0 Å². The van der Waals surface area contributed by atoms with Crippen molar-refractivity contribution in [3.63, 3.8) is 0 Å². The first-order chi connectivity index (χ1) is 13.8. The van der Waals surface area contributed by atoms with Gasteiger partial charge in [0.1, 0.15) is 5.69 Å². The van der Waals surface area contributed by atoms with Gasteiger partial charge in [-0.1, -0.05) is 42.5 Å². The molecule has 4 aromatic rings. The van der Waals surface area contributed by atoms with Crippen molar-refractivity contribution < 1.29 is 4.79 Å². The third-order valence-corrected chi connectivity index (χ3v) is 4.05. The highest BCUT2D eigenvalue weighted by atomic mass is 16.1. The second-order valence-electron chi connectivity index (χ2n) is 6.03. The molecule has 28 heavy (non-hydrogen) atoms. The number of rotatable bonds is 5. The predicted octanol–water partition coefficient (Wildman–Crippen LogP) is 4.53. The molecule has 2 aromatic heterocycles. The van der Waals surface area contributed by atoms with Gasteiger partial charge in [0.25, 0.3) is 5.91 Å². The molecule has 0 radical (unpaired) electrons. The van der Waals surface area contributed by atoms with Crippen LogP contribution in [0.15, 0.2) is 91.4 Å². The van der Waals surface area contributed by atoms with E-state index in [0.717, 1.165) is 16.8 Å². The number of hydrogen-bond acceptors (Lipinski definition) is 5. The van der Waals surface area contributed by atoms with Crippen molar-refractivity contribution in [2.24, 2.45) is 0 Å². The lowest BCUT2D eigenvalue weighted by Crippen LogP contribution is -2.14. The Morgan fingerprint density at radius 2 is 1.54 bits per heavy atom. The van der Waals surface area contributed by atoms with Gasteiger partial charge in [0.15, 0.2) is 0 Å². The molecular formula is C22H17N5O. The third-order valence-electron chi connectivity index (χ3n) is 4.05. The van der Waals surface area contributed by atoms with Gasteiger partial charge < -0.3 is 10.6 Å². The summed E-state index contributed by atoms with van der Waals surface area (Å²) in [5.74, 6) is 0.0438. The van der Waals surface area contributed by atoms with E-state index in [4.69, 9.17) is 0 Å². The molecule has 136 valence electrons. The van der Waals surface area contributed by atoms with Crippen LogP contribution >= 0.6 is 0 Å². The van der Waals surface area contributed by atoms with Crippen molar-refractivity contribution in [1.82, 2.24) is 15.0 Å². The number of anilines is 3. The second kappa shape index (κ2) is 8.09. The summed E-state index contributed by atoms with van der Waals surface area (Å²) in [6.07, 6.45) is 4.88. The standard InChI is InChI=1S/C22H17N5O/c28-21(20-11-14-24-22(27-20)26-18-9-12-23-13-10-18)25-19-8-4-7-17(15-19)16-5-2-1-3-6-16/h1-15H,(H,25,28)(H,23,24,26,27). The molecular weight excluding hydrogens is 350 g/mol. The Labute approximate surface area is 162 Å². The van der Waals surface area contributed by atoms with Crippen LogP contribution in [0.2, 0.25) is 0 Å². The minimum atomic E-state index is -0.301. The molecule has 6 heteroatoms. The number of carbonyl (C=O) groups is 1. The molecule has 2 aromatic carbocycles. The van der Waals surface area contributed by atoms with Gasteiger partial charge in [-0.2, -0.15) is 0 Å². The van der Waals surface area contributed by atoms with E-state index in [1.165, 1.54) is 0 Å². The minimum Gasteiger partial charge on any atom is -0.324 e. The quantitative estimate of drug-likeness (QED) is 0.541. The molecule has 2 heterocycles. The van der Waals surface area contributed by atoms with Crippen molar-refractivity contribution in [1.29, 1.82) is 0 Å². The van der Waals surface area contributed by atoms with E-state index in [9.17, 15) is 4.79 Å². The lowest BCUT2D eigenvalue weighted by molar-refractivity contribution is 0.102. The highest BCUT2D eigenvalue weighted by Crippen LogP contribution is 2.22. The van der Waals surface area contributed by atoms with E-state index in [1.807, 2.05) is 54.6 Å². The minimum absolute atomic E-state index is 0.275. The summed E-state index contributed by atoms with van der Waals surface area (Å²) in [5, 5.41) is 5.94. The van der Waals surface area contributed by atoms with Crippen LogP contribution < -0.4 is 10.6 Å². The van der Waals surface area contributed by atoms with Crippen LogP contribution in [0, 0.1) is 0 Å². The van der Waals surface area contributed by atoms with Crippen molar-refractivity contribution in [3.05, 3.63) is 97.1 Å². The zero-order valence-electron chi connectivity index (χ0n) is 14.9. The van der Waals surface area contributed by atoms with Crippen molar-refractivity contribution in [2.45, 2.75) is 0 Å². The summed E-state index contributed by atoms with van der Waals surface area (Å²) in [6.45, 7) is 0. The Kier molecular flexibility index (Phi) is 5.02. The highest BCUT2D eigenvalue weighted by molar-refractivity contribution is 6.03. The molecule has 0 spiro atoms.